The molecule has 102 valence electrons. The Hall–Kier alpha value is -1.07. The monoisotopic (exact) mass is 324 g/mol. The number of benzene rings is 1. The van der Waals surface area contributed by atoms with E-state index in [4.69, 9.17) is 0 Å². The van der Waals surface area contributed by atoms with Crippen molar-refractivity contribution in [2.24, 2.45) is 5.92 Å². The molecule has 0 bridgehead atoms. The Morgan fingerprint density at radius 1 is 1.47 bits per heavy atom. The topological polar surface area (TPSA) is 52.6 Å². The maximum atomic E-state index is 11.5. The lowest BCUT2D eigenvalue weighted by Gasteiger charge is -2.25. The first kappa shape index (κ1) is 12.9. The SMILES string of the molecule is CCN(CC1CC1)c1cc2c(cc1Br)C(O)C(=O)N2. The van der Waals surface area contributed by atoms with Gasteiger partial charge in [0.05, 0.1) is 5.69 Å². The lowest BCUT2D eigenvalue weighted by Crippen LogP contribution is -2.25. The number of nitrogens with one attached hydrogen (secondary N) is 1. The van der Waals surface area contributed by atoms with Gasteiger partial charge in [0.15, 0.2) is 6.10 Å². The average Bonchev–Trinajstić information content (AvgIpc) is 3.16. The Bertz CT molecular complexity index is 528. The van der Waals surface area contributed by atoms with Crippen molar-refractivity contribution in [1.82, 2.24) is 0 Å². The van der Waals surface area contributed by atoms with Gasteiger partial charge in [-0.3, -0.25) is 4.79 Å². The van der Waals surface area contributed by atoms with Gasteiger partial charge in [-0.25, -0.2) is 0 Å². The van der Waals surface area contributed by atoms with Crippen molar-refractivity contribution in [2.45, 2.75) is 25.9 Å². The Balaban J connectivity index is 1.93. The first-order valence-corrected chi connectivity index (χ1v) is 7.46. The Morgan fingerprint density at radius 2 is 2.21 bits per heavy atom. The average molecular weight is 325 g/mol. The lowest BCUT2D eigenvalue weighted by atomic mass is 10.1. The van der Waals surface area contributed by atoms with Gasteiger partial charge in [-0.05, 0) is 53.7 Å². The summed E-state index contributed by atoms with van der Waals surface area (Å²) in [7, 11) is 0. The number of carbonyl (C=O) groups excluding carboxylic acids is 1. The van der Waals surface area contributed by atoms with Crippen LogP contribution in [0.1, 0.15) is 31.4 Å². The van der Waals surface area contributed by atoms with E-state index >= 15 is 0 Å². The second-order valence-electron chi connectivity index (χ2n) is 5.26. The molecule has 0 aromatic heterocycles. The van der Waals surface area contributed by atoms with E-state index in [0.29, 0.717) is 5.56 Å². The van der Waals surface area contributed by atoms with E-state index in [1.807, 2.05) is 12.1 Å². The molecule has 0 spiro atoms. The van der Waals surface area contributed by atoms with Gasteiger partial charge < -0.3 is 15.3 Å². The van der Waals surface area contributed by atoms with Crippen LogP contribution in [-0.4, -0.2) is 24.1 Å². The summed E-state index contributed by atoms with van der Waals surface area (Å²) in [6.45, 7) is 4.13. The molecule has 1 fully saturated rings. The number of hydrogen-bond acceptors (Lipinski definition) is 3. The van der Waals surface area contributed by atoms with E-state index in [2.05, 4.69) is 33.1 Å². The number of aliphatic hydroxyl groups excluding tert-OH is 1. The smallest absolute Gasteiger partial charge is 0.257 e. The van der Waals surface area contributed by atoms with Gasteiger partial charge in [0, 0.05) is 28.8 Å². The summed E-state index contributed by atoms with van der Waals surface area (Å²) < 4.78 is 0.935. The van der Waals surface area contributed by atoms with Gasteiger partial charge in [0.25, 0.3) is 5.91 Å². The zero-order valence-corrected chi connectivity index (χ0v) is 12.4. The Morgan fingerprint density at radius 3 is 2.84 bits per heavy atom. The zero-order valence-electron chi connectivity index (χ0n) is 10.8. The second kappa shape index (κ2) is 4.80. The summed E-state index contributed by atoms with van der Waals surface area (Å²) in [6, 6.07) is 3.81. The maximum Gasteiger partial charge on any atom is 0.257 e. The van der Waals surface area contributed by atoms with Crippen LogP contribution in [0.4, 0.5) is 11.4 Å². The third-order valence-electron chi connectivity index (χ3n) is 3.82. The molecule has 1 aliphatic heterocycles. The van der Waals surface area contributed by atoms with Crippen molar-refractivity contribution in [3.8, 4) is 0 Å². The van der Waals surface area contributed by atoms with Gasteiger partial charge in [-0.15, -0.1) is 0 Å². The molecule has 1 atom stereocenters. The molecule has 1 aromatic carbocycles. The van der Waals surface area contributed by atoms with Crippen LogP contribution < -0.4 is 10.2 Å². The van der Waals surface area contributed by atoms with Gasteiger partial charge in [-0.1, -0.05) is 0 Å². The van der Waals surface area contributed by atoms with Crippen LogP contribution in [0.3, 0.4) is 0 Å². The highest BCUT2D eigenvalue weighted by molar-refractivity contribution is 9.10. The van der Waals surface area contributed by atoms with Crippen LogP contribution in [0.5, 0.6) is 0 Å². The number of nitrogens with zero attached hydrogens (tertiary/aromatic N) is 1. The van der Waals surface area contributed by atoms with E-state index in [-0.39, 0.29) is 5.91 Å². The molecular weight excluding hydrogens is 308 g/mol. The second-order valence-corrected chi connectivity index (χ2v) is 6.12. The molecule has 3 rings (SSSR count). The van der Waals surface area contributed by atoms with E-state index < -0.39 is 6.10 Å². The molecule has 1 unspecified atom stereocenters. The van der Waals surface area contributed by atoms with E-state index in [0.717, 1.165) is 34.9 Å². The quantitative estimate of drug-likeness (QED) is 0.895. The van der Waals surface area contributed by atoms with Gasteiger partial charge in [0.2, 0.25) is 0 Å². The lowest BCUT2D eigenvalue weighted by molar-refractivity contribution is -0.123. The first-order valence-electron chi connectivity index (χ1n) is 6.67. The molecule has 1 saturated carbocycles. The molecular formula is C14H17BrN2O2. The number of amides is 1. The number of fused-ring (bicyclic) bond motifs is 1. The van der Waals surface area contributed by atoms with Crippen LogP contribution in [0.25, 0.3) is 0 Å². The Kier molecular flexibility index (Phi) is 3.27. The summed E-state index contributed by atoms with van der Waals surface area (Å²) in [5, 5.41) is 12.5. The first-order chi connectivity index (χ1) is 9.10. The predicted octanol–water partition coefficient (Wildman–Crippen LogP) is 2.67. The maximum absolute atomic E-state index is 11.5. The highest BCUT2D eigenvalue weighted by atomic mass is 79.9. The van der Waals surface area contributed by atoms with Crippen molar-refractivity contribution < 1.29 is 9.90 Å². The fourth-order valence-corrected chi connectivity index (χ4v) is 3.12. The highest BCUT2D eigenvalue weighted by Gasteiger charge is 2.31. The largest absolute Gasteiger partial charge is 0.378 e. The van der Waals surface area contributed by atoms with Crippen molar-refractivity contribution in [2.75, 3.05) is 23.3 Å². The van der Waals surface area contributed by atoms with E-state index in [1.54, 1.807) is 0 Å². The normalized spacial score (nSPS) is 21.2. The molecule has 1 aliphatic carbocycles. The van der Waals surface area contributed by atoms with E-state index in [9.17, 15) is 9.90 Å². The Labute approximate surface area is 120 Å². The minimum absolute atomic E-state index is 0.343. The third-order valence-corrected chi connectivity index (χ3v) is 4.45. The van der Waals surface area contributed by atoms with Crippen molar-refractivity contribution in [1.29, 1.82) is 0 Å². The van der Waals surface area contributed by atoms with Gasteiger partial charge in [-0.2, -0.15) is 0 Å². The van der Waals surface area contributed by atoms with Crippen LogP contribution in [0.2, 0.25) is 0 Å². The van der Waals surface area contributed by atoms with Crippen molar-refractivity contribution >= 4 is 33.2 Å². The zero-order chi connectivity index (χ0) is 13.6. The summed E-state index contributed by atoms with van der Waals surface area (Å²) in [5.41, 5.74) is 2.47. The highest BCUT2D eigenvalue weighted by Crippen LogP contribution is 2.40. The molecule has 19 heavy (non-hydrogen) atoms. The molecule has 5 heteroatoms. The van der Waals surface area contributed by atoms with Crippen LogP contribution in [0, 0.1) is 5.92 Å². The molecule has 0 radical (unpaired) electrons. The van der Waals surface area contributed by atoms with Crippen LogP contribution in [0.15, 0.2) is 16.6 Å². The number of halogens is 1. The molecule has 4 nitrogen and oxygen atoms in total. The predicted molar refractivity (Wildman–Crippen MR) is 78.3 cm³/mol. The molecule has 1 heterocycles. The molecule has 2 aliphatic rings. The van der Waals surface area contributed by atoms with Crippen molar-refractivity contribution in [3.05, 3.63) is 22.2 Å². The molecule has 1 amide bonds. The molecule has 0 saturated heterocycles. The number of aliphatic hydroxyl groups is 1. The van der Waals surface area contributed by atoms with Crippen molar-refractivity contribution in [3.63, 3.8) is 0 Å². The fourth-order valence-electron chi connectivity index (χ4n) is 2.51. The number of anilines is 2. The number of rotatable bonds is 4. The van der Waals surface area contributed by atoms with Gasteiger partial charge in [0.1, 0.15) is 0 Å². The number of carbonyl (C=O) groups is 1. The third kappa shape index (κ3) is 2.37. The molecule has 2 N–H and O–H groups in total. The van der Waals surface area contributed by atoms with Gasteiger partial charge >= 0.3 is 0 Å². The summed E-state index contributed by atoms with van der Waals surface area (Å²) in [5.74, 6) is 0.463. The van der Waals surface area contributed by atoms with Crippen LogP contribution in [-0.2, 0) is 4.79 Å². The minimum Gasteiger partial charge on any atom is -0.378 e. The summed E-state index contributed by atoms with van der Waals surface area (Å²) >= 11 is 3.56. The molecule has 1 aromatic rings. The minimum atomic E-state index is -1.04. The van der Waals surface area contributed by atoms with Crippen LogP contribution >= 0.6 is 15.9 Å². The number of hydrogen-bond donors (Lipinski definition) is 2. The van der Waals surface area contributed by atoms with E-state index in [1.165, 1.54) is 12.8 Å². The summed E-state index contributed by atoms with van der Waals surface area (Å²) in [6.07, 6.45) is 1.59. The fraction of sp³-hybridized carbons (Fsp3) is 0.500. The standard InChI is InChI=1S/C14H17BrN2O2/c1-2-17(7-8-3-4-8)12-6-11-9(5-10(12)15)13(18)14(19)16-11/h5-6,8,13,18H,2-4,7H2,1H3,(H,16,19). The summed E-state index contributed by atoms with van der Waals surface area (Å²) in [4.78, 5) is 13.8.